The van der Waals surface area contributed by atoms with Crippen LogP contribution in [0.2, 0.25) is 0 Å². The molecule has 3 heterocycles. The summed E-state index contributed by atoms with van der Waals surface area (Å²) in [4.78, 5) is 22.5. The van der Waals surface area contributed by atoms with Crippen LogP contribution >= 0.6 is 0 Å². The van der Waals surface area contributed by atoms with Gasteiger partial charge in [0.05, 0.1) is 11.0 Å². The Morgan fingerprint density at radius 2 is 1.74 bits per heavy atom. The number of amides is 1. The molecule has 2 aliphatic heterocycles. The lowest BCUT2D eigenvalue weighted by molar-refractivity contribution is 0.0241. The maximum Gasteiger partial charge on any atom is 0.410 e. The maximum atomic E-state index is 13.0. The Morgan fingerprint density at radius 3 is 2.49 bits per heavy atom. The Kier molecular flexibility index (Phi) is 6.73. The smallest absolute Gasteiger partial charge is 0.410 e. The molecule has 1 aromatic heterocycles. The number of ether oxygens (including phenoxy) is 1. The highest BCUT2D eigenvalue weighted by molar-refractivity contribution is 5.76. The second-order valence-electron chi connectivity index (χ2n) is 13.3. The summed E-state index contributed by atoms with van der Waals surface area (Å²) in [6.45, 7) is 9.76. The minimum absolute atomic E-state index is 0.0321. The third kappa shape index (κ3) is 4.97. The van der Waals surface area contributed by atoms with Crippen molar-refractivity contribution in [2.45, 2.75) is 102 Å². The zero-order chi connectivity index (χ0) is 27.4. The molecule has 6 heteroatoms. The number of likely N-dealkylation sites (N-methyl/N-ethyl adjacent to an activating group) is 1. The molecule has 2 bridgehead atoms. The zero-order valence-corrected chi connectivity index (χ0v) is 24.3. The summed E-state index contributed by atoms with van der Waals surface area (Å²) in [6.07, 6.45) is 7.98. The van der Waals surface area contributed by atoms with Gasteiger partial charge in [0.2, 0.25) is 0 Å². The van der Waals surface area contributed by atoms with Crippen molar-refractivity contribution < 1.29 is 9.53 Å². The number of fused-ring (bicyclic) bond motifs is 4. The van der Waals surface area contributed by atoms with Crippen molar-refractivity contribution in [3.63, 3.8) is 0 Å². The Bertz CT molecular complexity index is 1340. The van der Waals surface area contributed by atoms with E-state index in [9.17, 15) is 4.79 Å². The maximum absolute atomic E-state index is 13.0. The van der Waals surface area contributed by atoms with E-state index in [4.69, 9.17) is 9.72 Å². The highest BCUT2D eigenvalue weighted by Gasteiger charge is 2.45. The second-order valence-corrected chi connectivity index (χ2v) is 13.3. The first-order chi connectivity index (χ1) is 18.6. The summed E-state index contributed by atoms with van der Waals surface area (Å²) in [5.41, 5.74) is 4.74. The molecule has 2 fully saturated rings. The van der Waals surface area contributed by atoms with Crippen LogP contribution in [-0.4, -0.2) is 63.3 Å². The van der Waals surface area contributed by atoms with E-state index >= 15 is 0 Å². The number of aromatic nitrogens is 2. The van der Waals surface area contributed by atoms with Gasteiger partial charge in [-0.3, -0.25) is 4.90 Å². The summed E-state index contributed by atoms with van der Waals surface area (Å²) in [7, 11) is 1.91. The van der Waals surface area contributed by atoms with Crippen molar-refractivity contribution in [2.24, 2.45) is 0 Å². The van der Waals surface area contributed by atoms with E-state index in [2.05, 4.69) is 64.9 Å². The van der Waals surface area contributed by atoms with E-state index in [0.29, 0.717) is 24.7 Å². The molecule has 0 radical (unpaired) electrons. The number of carbonyl (C=O) groups excluding carboxylic acids is 1. The predicted molar refractivity (Wildman–Crippen MR) is 156 cm³/mol. The number of rotatable bonds is 6. The average molecular weight is 529 g/mol. The normalized spacial score (nSPS) is 26.6. The molecule has 1 unspecified atom stereocenters. The van der Waals surface area contributed by atoms with Crippen molar-refractivity contribution in [3.8, 4) is 0 Å². The summed E-state index contributed by atoms with van der Waals surface area (Å²) in [5.74, 6) is 1.14. The lowest BCUT2D eigenvalue weighted by Gasteiger charge is -2.42. The lowest BCUT2D eigenvalue weighted by Crippen LogP contribution is -2.48. The number of hydrogen-bond acceptors (Lipinski definition) is 4. The molecule has 2 saturated heterocycles. The van der Waals surface area contributed by atoms with Crippen LogP contribution in [0, 0.1) is 6.92 Å². The van der Waals surface area contributed by atoms with Crippen molar-refractivity contribution in [2.75, 3.05) is 20.1 Å². The summed E-state index contributed by atoms with van der Waals surface area (Å²) in [6, 6.07) is 19.2. The molecule has 0 spiro atoms. The monoisotopic (exact) mass is 528 g/mol. The Balaban J connectivity index is 1.20. The van der Waals surface area contributed by atoms with Crippen molar-refractivity contribution in [1.29, 1.82) is 0 Å². The Labute approximate surface area is 233 Å². The molecule has 6 rings (SSSR count). The molecule has 2 aromatic carbocycles. The van der Waals surface area contributed by atoms with Gasteiger partial charge in [-0.1, -0.05) is 36.4 Å². The number of carbonyl (C=O) groups is 1. The first kappa shape index (κ1) is 26.4. The quantitative estimate of drug-likeness (QED) is 0.359. The highest BCUT2D eigenvalue weighted by Crippen LogP contribution is 2.46. The molecule has 208 valence electrons. The number of para-hydroxylation sites is 2. The van der Waals surface area contributed by atoms with Crippen LogP contribution < -0.4 is 0 Å². The minimum atomic E-state index is -0.492. The number of piperidine rings is 1. The first-order valence-electron chi connectivity index (χ1n) is 14.9. The molecule has 3 aliphatic rings. The minimum Gasteiger partial charge on any atom is -0.444 e. The molecule has 6 nitrogen and oxygen atoms in total. The van der Waals surface area contributed by atoms with Gasteiger partial charge >= 0.3 is 6.09 Å². The van der Waals surface area contributed by atoms with Gasteiger partial charge in [-0.2, -0.15) is 0 Å². The molecular weight excluding hydrogens is 484 g/mol. The summed E-state index contributed by atoms with van der Waals surface area (Å²) in [5, 5.41) is 0. The van der Waals surface area contributed by atoms with Crippen LogP contribution in [0.25, 0.3) is 11.0 Å². The lowest BCUT2D eigenvalue weighted by atomic mass is 9.77. The number of aryl methyl sites for hydroxylation is 2. The molecule has 1 aliphatic carbocycles. The fraction of sp³-hybridized carbons (Fsp3) is 0.576. The standard InChI is InChI=1S/C33H44N4O2/c1-23-34-29-12-8-9-13-30(29)37(23)27-20-25-14-15-26(21-27)36(25)19-18-33(17-16-24-10-6-7-11-28(24)33)22-35(5)31(38)39-32(2,3)4/h6-13,25-27H,14-22H2,1-5H3/t25-,26-,33?/m0/s1. The van der Waals surface area contributed by atoms with Crippen LogP contribution in [0.3, 0.4) is 0 Å². The van der Waals surface area contributed by atoms with Gasteiger partial charge in [-0.25, -0.2) is 9.78 Å². The van der Waals surface area contributed by atoms with Crippen molar-refractivity contribution in [3.05, 3.63) is 65.5 Å². The summed E-state index contributed by atoms with van der Waals surface area (Å²) >= 11 is 0. The Morgan fingerprint density at radius 1 is 1.05 bits per heavy atom. The van der Waals surface area contributed by atoms with Gasteiger partial charge in [0.15, 0.2) is 0 Å². The fourth-order valence-electron chi connectivity index (χ4n) is 7.92. The average Bonchev–Trinajstić information content (AvgIpc) is 3.50. The molecule has 39 heavy (non-hydrogen) atoms. The van der Waals surface area contributed by atoms with Crippen LogP contribution in [0.4, 0.5) is 4.79 Å². The Hall–Kier alpha value is -2.86. The SMILES string of the molecule is Cc1nc2ccccc2n1C1C[C@@H]2CC[C@@H](C1)N2CCC1(CN(C)C(=O)OC(C)(C)C)CCc2ccccc21. The van der Waals surface area contributed by atoms with E-state index in [1.54, 1.807) is 0 Å². The van der Waals surface area contributed by atoms with E-state index < -0.39 is 5.60 Å². The number of hydrogen-bond donors (Lipinski definition) is 0. The summed E-state index contributed by atoms with van der Waals surface area (Å²) < 4.78 is 8.25. The van der Waals surface area contributed by atoms with Gasteiger partial charge < -0.3 is 14.2 Å². The largest absolute Gasteiger partial charge is 0.444 e. The molecule has 3 aromatic rings. The third-order valence-electron chi connectivity index (χ3n) is 9.55. The van der Waals surface area contributed by atoms with Crippen LogP contribution in [0.15, 0.2) is 48.5 Å². The van der Waals surface area contributed by atoms with Gasteiger partial charge in [0, 0.05) is 37.1 Å². The molecule has 0 N–H and O–H groups in total. The number of benzene rings is 2. The molecule has 3 atom stereocenters. The van der Waals surface area contributed by atoms with E-state index in [-0.39, 0.29) is 11.5 Å². The topological polar surface area (TPSA) is 50.6 Å². The third-order valence-corrected chi connectivity index (χ3v) is 9.55. The molecular formula is C33H44N4O2. The van der Waals surface area contributed by atoms with Crippen molar-refractivity contribution >= 4 is 17.1 Å². The van der Waals surface area contributed by atoms with Crippen LogP contribution in [-0.2, 0) is 16.6 Å². The van der Waals surface area contributed by atoms with Gasteiger partial charge in [-0.15, -0.1) is 0 Å². The van der Waals surface area contributed by atoms with Crippen LogP contribution in [0.1, 0.15) is 82.3 Å². The van der Waals surface area contributed by atoms with Gasteiger partial charge in [0.1, 0.15) is 11.4 Å². The van der Waals surface area contributed by atoms with E-state index in [0.717, 1.165) is 37.1 Å². The van der Waals surface area contributed by atoms with E-state index in [1.165, 1.54) is 42.3 Å². The fourth-order valence-corrected chi connectivity index (χ4v) is 7.92. The molecule has 0 saturated carbocycles. The second kappa shape index (κ2) is 9.96. The van der Waals surface area contributed by atoms with Crippen LogP contribution in [0.5, 0.6) is 0 Å². The van der Waals surface area contributed by atoms with Crippen molar-refractivity contribution in [1.82, 2.24) is 19.4 Å². The molecule has 1 amide bonds. The number of imidazole rings is 1. The highest BCUT2D eigenvalue weighted by atomic mass is 16.6. The number of nitrogens with zero attached hydrogens (tertiary/aromatic N) is 4. The first-order valence-corrected chi connectivity index (χ1v) is 14.9. The van der Waals surface area contributed by atoms with Gasteiger partial charge in [-0.05, 0) is 102 Å². The van der Waals surface area contributed by atoms with E-state index in [1.807, 2.05) is 32.7 Å². The van der Waals surface area contributed by atoms with Gasteiger partial charge in [0.25, 0.3) is 0 Å². The predicted octanol–water partition coefficient (Wildman–Crippen LogP) is 6.65. The zero-order valence-electron chi connectivity index (χ0n) is 24.3.